The van der Waals surface area contributed by atoms with Gasteiger partial charge in [0.25, 0.3) is 0 Å². The van der Waals surface area contributed by atoms with Crippen LogP contribution >= 0.6 is 11.3 Å². The van der Waals surface area contributed by atoms with Gasteiger partial charge < -0.3 is 9.88 Å². The maximum atomic E-state index is 12.0. The maximum absolute atomic E-state index is 12.0. The van der Waals surface area contributed by atoms with Crippen LogP contribution in [0.3, 0.4) is 0 Å². The van der Waals surface area contributed by atoms with Crippen molar-refractivity contribution in [1.82, 2.24) is 9.55 Å². The van der Waals surface area contributed by atoms with E-state index in [9.17, 15) is 4.79 Å². The number of anilines is 1. The molecule has 2 heterocycles. The lowest BCUT2D eigenvalue weighted by Gasteiger charge is -2.04. The number of rotatable bonds is 3. The van der Waals surface area contributed by atoms with Gasteiger partial charge in [-0.05, 0) is 36.6 Å². The van der Waals surface area contributed by atoms with Crippen LogP contribution in [0.5, 0.6) is 0 Å². The first kappa shape index (κ1) is 12.9. The third-order valence-corrected chi connectivity index (χ3v) is 4.18. The first-order chi connectivity index (χ1) is 9.63. The molecular formula is C15H15N3OS. The Morgan fingerprint density at radius 2 is 2.25 bits per heavy atom. The molecule has 0 bridgehead atoms. The number of benzene rings is 1. The molecule has 2 aromatic heterocycles. The number of hydrogen-bond donors (Lipinski definition) is 1. The maximum Gasteiger partial charge on any atom is 0.229 e. The van der Waals surface area contributed by atoms with E-state index < -0.39 is 0 Å². The van der Waals surface area contributed by atoms with Crippen LogP contribution in [0.1, 0.15) is 10.7 Å². The number of nitrogens with one attached hydrogen (secondary N) is 1. The Balaban J connectivity index is 1.79. The molecule has 1 amide bonds. The van der Waals surface area contributed by atoms with Crippen LogP contribution in [0.4, 0.5) is 5.69 Å². The lowest BCUT2D eigenvalue weighted by atomic mass is 10.2. The van der Waals surface area contributed by atoms with E-state index in [4.69, 9.17) is 0 Å². The average molecular weight is 285 g/mol. The molecule has 0 fully saturated rings. The molecule has 0 spiro atoms. The standard InChI is InChI=1S/C15H15N3OS/c1-10-16-13-8-11(5-6-14(13)18(10)2)17-15(19)9-12-4-3-7-20-12/h3-8H,9H2,1-2H3,(H,17,19). The van der Waals surface area contributed by atoms with Gasteiger partial charge in [0.1, 0.15) is 5.82 Å². The van der Waals surface area contributed by atoms with Crippen molar-refractivity contribution in [1.29, 1.82) is 0 Å². The number of aryl methyl sites for hydroxylation is 2. The Bertz CT molecular complexity index is 759. The number of thiophene rings is 1. The van der Waals surface area contributed by atoms with E-state index in [0.717, 1.165) is 27.4 Å². The Kier molecular flexibility index (Phi) is 3.28. The molecule has 0 aliphatic carbocycles. The summed E-state index contributed by atoms with van der Waals surface area (Å²) in [7, 11) is 1.99. The van der Waals surface area contributed by atoms with E-state index in [2.05, 4.69) is 10.3 Å². The second-order valence-corrected chi connectivity index (χ2v) is 5.76. The molecule has 0 unspecified atom stereocenters. The fourth-order valence-corrected chi connectivity index (χ4v) is 2.88. The van der Waals surface area contributed by atoms with Crippen LogP contribution in [-0.4, -0.2) is 15.5 Å². The normalized spacial score (nSPS) is 10.9. The van der Waals surface area contributed by atoms with Crippen molar-refractivity contribution < 1.29 is 4.79 Å². The van der Waals surface area contributed by atoms with Crippen molar-refractivity contribution in [2.24, 2.45) is 7.05 Å². The predicted octanol–water partition coefficient (Wildman–Crippen LogP) is 3.12. The quantitative estimate of drug-likeness (QED) is 0.803. The van der Waals surface area contributed by atoms with Crippen LogP contribution in [-0.2, 0) is 18.3 Å². The van der Waals surface area contributed by atoms with Gasteiger partial charge >= 0.3 is 0 Å². The van der Waals surface area contributed by atoms with Gasteiger partial charge in [-0.2, -0.15) is 0 Å². The molecule has 0 radical (unpaired) electrons. The summed E-state index contributed by atoms with van der Waals surface area (Å²) in [6.07, 6.45) is 0.414. The highest BCUT2D eigenvalue weighted by Gasteiger charge is 2.08. The first-order valence-electron chi connectivity index (χ1n) is 6.39. The van der Waals surface area contributed by atoms with Gasteiger partial charge in [-0.1, -0.05) is 6.07 Å². The topological polar surface area (TPSA) is 46.9 Å². The van der Waals surface area contributed by atoms with Gasteiger partial charge in [-0.3, -0.25) is 4.79 Å². The number of amides is 1. The minimum Gasteiger partial charge on any atom is -0.331 e. The highest BCUT2D eigenvalue weighted by molar-refractivity contribution is 7.10. The van der Waals surface area contributed by atoms with Crippen molar-refractivity contribution in [3.05, 3.63) is 46.4 Å². The van der Waals surface area contributed by atoms with Crippen LogP contribution < -0.4 is 5.32 Å². The number of hydrogen-bond acceptors (Lipinski definition) is 3. The molecule has 102 valence electrons. The van der Waals surface area contributed by atoms with Crippen LogP contribution in [0.25, 0.3) is 11.0 Å². The van der Waals surface area contributed by atoms with Gasteiger partial charge in [0, 0.05) is 17.6 Å². The van der Waals surface area contributed by atoms with E-state index >= 15 is 0 Å². The summed E-state index contributed by atoms with van der Waals surface area (Å²) < 4.78 is 2.03. The summed E-state index contributed by atoms with van der Waals surface area (Å²) in [5, 5.41) is 4.90. The third-order valence-electron chi connectivity index (χ3n) is 3.30. The number of nitrogens with zero attached hydrogens (tertiary/aromatic N) is 2. The molecule has 1 N–H and O–H groups in total. The zero-order valence-corrected chi connectivity index (χ0v) is 12.2. The zero-order chi connectivity index (χ0) is 14.1. The van der Waals surface area contributed by atoms with Crippen molar-refractivity contribution in [3.8, 4) is 0 Å². The van der Waals surface area contributed by atoms with Crippen molar-refractivity contribution in [2.75, 3.05) is 5.32 Å². The van der Waals surface area contributed by atoms with Crippen molar-refractivity contribution in [2.45, 2.75) is 13.3 Å². The van der Waals surface area contributed by atoms with E-state index in [0.29, 0.717) is 6.42 Å². The molecule has 3 rings (SSSR count). The summed E-state index contributed by atoms with van der Waals surface area (Å²) in [5.74, 6) is 0.960. The van der Waals surface area contributed by atoms with Crippen LogP contribution in [0.15, 0.2) is 35.7 Å². The number of carbonyl (C=O) groups is 1. The molecule has 4 nitrogen and oxygen atoms in total. The highest BCUT2D eigenvalue weighted by Crippen LogP contribution is 2.19. The highest BCUT2D eigenvalue weighted by atomic mass is 32.1. The summed E-state index contributed by atoms with van der Waals surface area (Å²) in [4.78, 5) is 17.5. The first-order valence-corrected chi connectivity index (χ1v) is 7.27. The van der Waals surface area contributed by atoms with E-state index in [-0.39, 0.29) is 5.91 Å². The van der Waals surface area contributed by atoms with E-state index in [1.54, 1.807) is 11.3 Å². The predicted molar refractivity (Wildman–Crippen MR) is 82.1 cm³/mol. The molecule has 0 aliphatic heterocycles. The molecular weight excluding hydrogens is 270 g/mol. The monoisotopic (exact) mass is 285 g/mol. The van der Waals surface area contributed by atoms with Crippen LogP contribution in [0, 0.1) is 6.92 Å². The molecule has 3 aromatic rings. The van der Waals surface area contributed by atoms with Crippen molar-refractivity contribution in [3.63, 3.8) is 0 Å². The number of fused-ring (bicyclic) bond motifs is 1. The average Bonchev–Trinajstić information content (AvgIpc) is 2.99. The fraction of sp³-hybridized carbons (Fsp3) is 0.200. The second-order valence-electron chi connectivity index (χ2n) is 4.73. The van der Waals surface area contributed by atoms with Crippen LogP contribution in [0.2, 0.25) is 0 Å². The summed E-state index contributed by atoms with van der Waals surface area (Å²) in [6, 6.07) is 9.73. The summed E-state index contributed by atoms with van der Waals surface area (Å²) >= 11 is 1.59. The van der Waals surface area contributed by atoms with Gasteiger partial charge in [0.2, 0.25) is 5.91 Å². The zero-order valence-electron chi connectivity index (χ0n) is 11.4. The van der Waals surface area contributed by atoms with Gasteiger partial charge in [-0.25, -0.2) is 4.98 Å². The summed E-state index contributed by atoms with van der Waals surface area (Å²) in [5.41, 5.74) is 2.76. The Morgan fingerprint density at radius 3 is 3.00 bits per heavy atom. The molecule has 5 heteroatoms. The number of imidazole rings is 1. The molecule has 0 saturated heterocycles. The van der Waals surface area contributed by atoms with Gasteiger partial charge in [-0.15, -0.1) is 11.3 Å². The lowest BCUT2D eigenvalue weighted by Crippen LogP contribution is -2.13. The fourth-order valence-electron chi connectivity index (χ4n) is 2.17. The van der Waals surface area contributed by atoms with E-state index in [1.807, 2.05) is 54.3 Å². The molecule has 20 heavy (non-hydrogen) atoms. The SMILES string of the molecule is Cc1nc2cc(NC(=O)Cc3cccs3)ccc2n1C. The van der Waals surface area contributed by atoms with E-state index in [1.165, 1.54) is 0 Å². The minimum absolute atomic E-state index is 0.000506. The third kappa shape index (κ3) is 2.44. The largest absolute Gasteiger partial charge is 0.331 e. The number of carbonyl (C=O) groups excluding carboxylic acids is 1. The van der Waals surface area contributed by atoms with Crippen molar-refractivity contribution >= 4 is 34.0 Å². The molecule has 0 aliphatic rings. The Hall–Kier alpha value is -2.14. The number of aromatic nitrogens is 2. The minimum atomic E-state index is -0.000506. The molecule has 0 atom stereocenters. The molecule has 1 aromatic carbocycles. The van der Waals surface area contributed by atoms with Gasteiger partial charge in [0.05, 0.1) is 17.5 Å². The second kappa shape index (κ2) is 5.09. The smallest absolute Gasteiger partial charge is 0.229 e. The molecule has 0 saturated carbocycles. The Labute approximate surface area is 121 Å². The Morgan fingerprint density at radius 1 is 1.40 bits per heavy atom. The summed E-state index contributed by atoms with van der Waals surface area (Å²) in [6.45, 7) is 1.97. The van der Waals surface area contributed by atoms with Gasteiger partial charge in [0.15, 0.2) is 0 Å². The lowest BCUT2D eigenvalue weighted by molar-refractivity contribution is -0.115.